The highest BCUT2D eigenvalue weighted by Crippen LogP contribution is 2.30. The van der Waals surface area contributed by atoms with Gasteiger partial charge >= 0.3 is 0 Å². The summed E-state index contributed by atoms with van der Waals surface area (Å²) in [4.78, 5) is 26.3. The number of amides is 2. The maximum absolute atomic E-state index is 12.4. The van der Waals surface area contributed by atoms with Crippen molar-refractivity contribution in [2.75, 3.05) is 26.0 Å². The highest BCUT2D eigenvalue weighted by Gasteiger charge is 2.29. The van der Waals surface area contributed by atoms with Gasteiger partial charge in [0.2, 0.25) is 5.91 Å². The van der Waals surface area contributed by atoms with E-state index in [0.717, 1.165) is 24.1 Å². The molecule has 1 unspecified atom stereocenters. The topological polar surface area (TPSA) is 61.4 Å². The second kappa shape index (κ2) is 8.15. The van der Waals surface area contributed by atoms with E-state index >= 15 is 0 Å². The van der Waals surface area contributed by atoms with Gasteiger partial charge in [-0.2, -0.15) is 0 Å². The quantitative estimate of drug-likeness (QED) is 0.806. The number of carbonyl (C=O) groups is 2. The first-order valence-electron chi connectivity index (χ1n) is 8.95. The second-order valence-corrected chi connectivity index (χ2v) is 6.94. The maximum atomic E-state index is 12.4. The van der Waals surface area contributed by atoms with Crippen molar-refractivity contribution in [1.29, 1.82) is 0 Å². The molecule has 0 bridgehead atoms. The van der Waals surface area contributed by atoms with Crippen molar-refractivity contribution >= 4 is 17.5 Å². The number of benzene rings is 2. The van der Waals surface area contributed by atoms with Crippen LogP contribution in [0.2, 0.25) is 0 Å². The average Bonchev–Trinajstić information content (AvgIpc) is 3.48. The fraction of sp³-hybridized carbons (Fsp3) is 0.333. The first kappa shape index (κ1) is 18.1. The fourth-order valence-corrected chi connectivity index (χ4v) is 2.86. The summed E-state index contributed by atoms with van der Waals surface area (Å²) < 4.78 is 0. The predicted octanol–water partition coefficient (Wildman–Crippen LogP) is 3.07. The monoisotopic (exact) mass is 351 g/mol. The van der Waals surface area contributed by atoms with Crippen molar-refractivity contribution < 1.29 is 9.59 Å². The van der Waals surface area contributed by atoms with E-state index in [2.05, 4.69) is 27.7 Å². The number of nitrogens with zero attached hydrogens (tertiary/aromatic N) is 1. The Morgan fingerprint density at radius 3 is 2.27 bits per heavy atom. The summed E-state index contributed by atoms with van der Waals surface area (Å²) in [5.41, 5.74) is 2.48. The summed E-state index contributed by atoms with van der Waals surface area (Å²) >= 11 is 0. The minimum Gasteiger partial charge on any atom is -0.350 e. The van der Waals surface area contributed by atoms with Gasteiger partial charge in [-0.05, 0) is 56.8 Å². The third kappa shape index (κ3) is 4.70. The molecule has 0 aromatic heterocycles. The molecule has 2 aromatic carbocycles. The van der Waals surface area contributed by atoms with Gasteiger partial charge in [-0.3, -0.25) is 9.59 Å². The van der Waals surface area contributed by atoms with Crippen molar-refractivity contribution in [3.63, 3.8) is 0 Å². The lowest BCUT2D eigenvalue weighted by molar-refractivity contribution is -0.117. The van der Waals surface area contributed by atoms with Crippen molar-refractivity contribution in [2.24, 2.45) is 5.92 Å². The van der Waals surface area contributed by atoms with Crippen LogP contribution in [0.1, 0.15) is 34.8 Å². The van der Waals surface area contributed by atoms with Crippen molar-refractivity contribution in [2.45, 2.75) is 18.9 Å². The zero-order chi connectivity index (χ0) is 18.5. The van der Waals surface area contributed by atoms with Crippen LogP contribution in [0.3, 0.4) is 0 Å². The first-order chi connectivity index (χ1) is 12.5. The summed E-state index contributed by atoms with van der Waals surface area (Å²) in [6.07, 6.45) is 1.95. The molecule has 2 amide bonds. The Balaban J connectivity index is 1.57. The van der Waals surface area contributed by atoms with Gasteiger partial charge in [0.25, 0.3) is 5.91 Å². The van der Waals surface area contributed by atoms with Gasteiger partial charge < -0.3 is 15.5 Å². The lowest BCUT2D eigenvalue weighted by Gasteiger charge is -2.25. The standard InChI is InChI=1S/C21H25N3O2/c1-24(2)19(15-6-4-3-5-7-15)14-22-20(25)16-10-12-18(13-11-16)23-21(26)17-8-9-17/h3-7,10-13,17,19H,8-9,14H2,1-2H3,(H,22,25)(H,23,26). The molecular formula is C21H25N3O2. The van der Waals surface area contributed by atoms with E-state index in [-0.39, 0.29) is 23.8 Å². The highest BCUT2D eigenvalue weighted by atomic mass is 16.2. The molecule has 1 saturated carbocycles. The molecule has 1 aliphatic rings. The van der Waals surface area contributed by atoms with Gasteiger partial charge in [-0.1, -0.05) is 30.3 Å². The van der Waals surface area contributed by atoms with Gasteiger partial charge in [-0.15, -0.1) is 0 Å². The van der Waals surface area contributed by atoms with Gasteiger partial charge in [0.1, 0.15) is 0 Å². The molecule has 3 rings (SSSR count). The number of hydrogen-bond donors (Lipinski definition) is 2. The van der Waals surface area contributed by atoms with Crippen LogP contribution in [0.4, 0.5) is 5.69 Å². The lowest BCUT2D eigenvalue weighted by Crippen LogP contribution is -2.34. The normalized spacial score (nSPS) is 14.7. The van der Waals surface area contributed by atoms with Crippen LogP contribution in [0.5, 0.6) is 0 Å². The van der Waals surface area contributed by atoms with Crippen LogP contribution >= 0.6 is 0 Å². The van der Waals surface area contributed by atoms with Crippen LogP contribution in [0.15, 0.2) is 54.6 Å². The van der Waals surface area contributed by atoms with E-state index < -0.39 is 0 Å². The first-order valence-corrected chi connectivity index (χ1v) is 8.95. The molecule has 26 heavy (non-hydrogen) atoms. The Bertz CT molecular complexity index is 753. The molecule has 1 fully saturated rings. The van der Waals surface area contributed by atoms with Crippen LogP contribution in [0, 0.1) is 5.92 Å². The average molecular weight is 351 g/mol. The Kier molecular flexibility index (Phi) is 5.68. The Morgan fingerprint density at radius 1 is 1.04 bits per heavy atom. The molecule has 136 valence electrons. The lowest BCUT2D eigenvalue weighted by atomic mass is 10.1. The zero-order valence-corrected chi connectivity index (χ0v) is 15.2. The van der Waals surface area contributed by atoms with Crippen LogP contribution in [0.25, 0.3) is 0 Å². The van der Waals surface area contributed by atoms with E-state index in [1.54, 1.807) is 24.3 Å². The molecule has 0 radical (unpaired) electrons. The molecule has 0 heterocycles. The fourth-order valence-electron chi connectivity index (χ4n) is 2.86. The van der Waals surface area contributed by atoms with E-state index in [4.69, 9.17) is 0 Å². The third-order valence-corrected chi connectivity index (χ3v) is 4.63. The van der Waals surface area contributed by atoms with Crippen LogP contribution in [-0.4, -0.2) is 37.4 Å². The zero-order valence-electron chi connectivity index (χ0n) is 15.2. The van der Waals surface area contributed by atoms with E-state index in [0.29, 0.717) is 12.1 Å². The molecule has 0 aliphatic heterocycles. The SMILES string of the molecule is CN(C)C(CNC(=O)c1ccc(NC(=O)C2CC2)cc1)c1ccccc1. The van der Waals surface area contributed by atoms with Crippen molar-refractivity contribution in [3.8, 4) is 0 Å². The Hall–Kier alpha value is -2.66. The van der Waals surface area contributed by atoms with Crippen LogP contribution in [-0.2, 0) is 4.79 Å². The molecule has 2 aromatic rings. The van der Waals surface area contributed by atoms with E-state index in [1.165, 1.54) is 0 Å². The maximum Gasteiger partial charge on any atom is 0.251 e. The molecule has 0 saturated heterocycles. The van der Waals surface area contributed by atoms with Gasteiger partial charge in [-0.25, -0.2) is 0 Å². The highest BCUT2D eigenvalue weighted by molar-refractivity contribution is 5.96. The predicted molar refractivity (Wildman–Crippen MR) is 103 cm³/mol. The Morgan fingerprint density at radius 2 is 1.69 bits per heavy atom. The van der Waals surface area contributed by atoms with Crippen molar-refractivity contribution in [3.05, 3.63) is 65.7 Å². The van der Waals surface area contributed by atoms with Gasteiger partial charge in [0, 0.05) is 23.7 Å². The molecule has 5 heteroatoms. The molecule has 1 aliphatic carbocycles. The molecule has 0 spiro atoms. The van der Waals surface area contributed by atoms with Crippen molar-refractivity contribution in [1.82, 2.24) is 10.2 Å². The smallest absolute Gasteiger partial charge is 0.251 e. The van der Waals surface area contributed by atoms with Crippen LogP contribution < -0.4 is 10.6 Å². The largest absolute Gasteiger partial charge is 0.350 e. The van der Waals surface area contributed by atoms with E-state index in [9.17, 15) is 9.59 Å². The van der Waals surface area contributed by atoms with Gasteiger partial charge in [0.05, 0.1) is 6.04 Å². The number of rotatable bonds is 7. The summed E-state index contributed by atoms with van der Waals surface area (Å²) in [5.74, 6) is 0.116. The molecular weight excluding hydrogens is 326 g/mol. The minimum atomic E-state index is -0.118. The molecule has 2 N–H and O–H groups in total. The van der Waals surface area contributed by atoms with Gasteiger partial charge in [0.15, 0.2) is 0 Å². The number of anilines is 1. The minimum absolute atomic E-state index is 0.0684. The number of carbonyl (C=O) groups excluding carboxylic acids is 2. The second-order valence-electron chi connectivity index (χ2n) is 6.94. The molecule has 5 nitrogen and oxygen atoms in total. The Labute approximate surface area is 154 Å². The summed E-state index contributed by atoms with van der Waals surface area (Å²) in [5, 5.41) is 5.88. The summed E-state index contributed by atoms with van der Waals surface area (Å²) in [6, 6.07) is 17.3. The third-order valence-electron chi connectivity index (χ3n) is 4.63. The number of hydrogen-bond acceptors (Lipinski definition) is 3. The summed E-state index contributed by atoms with van der Waals surface area (Å²) in [6.45, 7) is 0.524. The summed E-state index contributed by atoms with van der Waals surface area (Å²) in [7, 11) is 4.00. The van der Waals surface area contributed by atoms with E-state index in [1.807, 2.05) is 32.3 Å². The number of nitrogens with one attached hydrogen (secondary N) is 2. The number of likely N-dealkylation sites (N-methyl/N-ethyl adjacent to an activating group) is 1. The molecule has 1 atom stereocenters.